The SMILES string of the molecule is CC(C)CCC[C@]12C[C@H](O)[C@H](O)C[C@H]1C(=O)C=C1[C@@H]2[C@H](CN=C(N)N[C@@H](C)O)C[C@]2(CO)[C@@H]3C[C@H](CSSC[C@H](n4ccnc4)CC(C)(C)/C(=C4\CCCC5(CCCC5)C4)C[C@@H](O)[C@H]3C)[C@@]12O. The zero-order valence-electron chi connectivity index (χ0n) is 41.4. The largest absolute Gasteiger partial charge is 0.396 e. The molecular formula is C53H85N5O7S2. The van der Waals surface area contributed by atoms with Crippen molar-refractivity contribution in [3.05, 3.63) is 41.5 Å². The molecule has 7 aliphatic rings. The fourth-order valence-corrected chi connectivity index (χ4v) is 18.8. The topological polar surface area (TPSA) is 207 Å². The lowest BCUT2D eigenvalue weighted by Gasteiger charge is -2.64. The van der Waals surface area contributed by atoms with Gasteiger partial charge in [0.1, 0.15) is 6.23 Å². The Balaban J connectivity index is 1.27. The highest BCUT2D eigenvalue weighted by Crippen LogP contribution is 2.72. The molecule has 2 bridgehead atoms. The van der Waals surface area contributed by atoms with E-state index in [1.54, 1.807) is 23.8 Å². The van der Waals surface area contributed by atoms with Crippen molar-refractivity contribution < 1.29 is 35.4 Å². The van der Waals surface area contributed by atoms with Gasteiger partial charge in [0.05, 0.1) is 36.8 Å². The molecule has 1 aromatic heterocycles. The summed E-state index contributed by atoms with van der Waals surface area (Å²) in [6, 6.07) is 0.147. The van der Waals surface area contributed by atoms with E-state index in [0.29, 0.717) is 48.3 Å². The van der Waals surface area contributed by atoms with Gasteiger partial charge in [0.25, 0.3) is 0 Å². The minimum atomic E-state index is -1.61. The normalized spacial score (nSPS) is 41.8. The Kier molecular flexibility index (Phi) is 15.6. The molecule has 0 radical (unpaired) electrons. The van der Waals surface area contributed by atoms with Gasteiger partial charge >= 0.3 is 0 Å². The predicted molar refractivity (Wildman–Crippen MR) is 269 cm³/mol. The quantitative estimate of drug-likeness (QED) is 0.0394. The number of fused-ring (bicyclic) bond motifs is 9. The Morgan fingerprint density at radius 1 is 1.01 bits per heavy atom. The summed E-state index contributed by atoms with van der Waals surface area (Å²) in [5.41, 5.74) is 6.56. The van der Waals surface area contributed by atoms with Crippen LogP contribution in [0.5, 0.6) is 0 Å². The van der Waals surface area contributed by atoms with Crippen LogP contribution in [0.1, 0.15) is 157 Å². The third-order valence-electron chi connectivity index (χ3n) is 19.1. The van der Waals surface area contributed by atoms with Crippen molar-refractivity contribution in [3.63, 3.8) is 0 Å². The lowest BCUT2D eigenvalue weighted by molar-refractivity contribution is -0.187. The van der Waals surface area contributed by atoms with Crippen LogP contribution in [0.2, 0.25) is 0 Å². The Labute approximate surface area is 408 Å². The first-order valence-electron chi connectivity index (χ1n) is 26.1. The molecule has 67 heavy (non-hydrogen) atoms. The first-order chi connectivity index (χ1) is 31.8. The molecule has 14 heteroatoms. The number of rotatable bonds is 9. The molecule has 6 aliphatic carbocycles. The van der Waals surface area contributed by atoms with Gasteiger partial charge in [-0.1, -0.05) is 93.0 Å². The van der Waals surface area contributed by atoms with Crippen LogP contribution < -0.4 is 11.1 Å². The molecule has 9 N–H and O–H groups in total. The maximum atomic E-state index is 15.0. The summed E-state index contributed by atoms with van der Waals surface area (Å²) in [6.45, 7) is 12.7. The van der Waals surface area contributed by atoms with Gasteiger partial charge in [-0.15, -0.1) is 0 Å². The van der Waals surface area contributed by atoms with Crippen LogP contribution in [0.3, 0.4) is 0 Å². The average molecular weight is 968 g/mol. The van der Waals surface area contributed by atoms with Gasteiger partial charge in [-0.05, 0) is 148 Å². The summed E-state index contributed by atoms with van der Waals surface area (Å²) >= 11 is 0. The second-order valence-electron chi connectivity index (χ2n) is 24.0. The summed E-state index contributed by atoms with van der Waals surface area (Å²) in [4.78, 5) is 24.3. The number of aliphatic hydroxyl groups is 6. The Morgan fingerprint density at radius 2 is 1.75 bits per heavy atom. The van der Waals surface area contributed by atoms with Crippen LogP contribution in [0.15, 0.2) is 46.5 Å². The summed E-state index contributed by atoms with van der Waals surface area (Å²) in [5.74, 6) is -0.477. The Morgan fingerprint density at radius 3 is 2.43 bits per heavy atom. The van der Waals surface area contributed by atoms with Crippen molar-refractivity contribution in [1.82, 2.24) is 14.9 Å². The van der Waals surface area contributed by atoms with Gasteiger partial charge in [0.2, 0.25) is 0 Å². The molecule has 5 saturated carbocycles. The third-order valence-corrected chi connectivity index (χ3v) is 21.7. The molecule has 1 spiro atoms. The van der Waals surface area contributed by atoms with E-state index in [9.17, 15) is 35.4 Å². The van der Waals surface area contributed by atoms with Crippen molar-refractivity contribution in [2.75, 3.05) is 24.7 Å². The fraction of sp³-hybridized carbons (Fsp3) is 0.830. The molecule has 12 nitrogen and oxygen atoms in total. The number of nitrogens with one attached hydrogen (secondary N) is 1. The lowest BCUT2D eigenvalue weighted by Crippen LogP contribution is -2.67. The number of imidazole rings is 1. The molecule has 0 aromatic carbocycles. The van der Waals surface area contributed by atoms with E-state index in [0.717, 1.165) is 37.9 Å². The predicted octanol–water partition coefficient (Wildman–Crippen LogP) is 7.73. The second kappa shape index (κ2) is 20.3. The van der Waals surface area contributed by atoms with Crippen LogP contribution >= 0.6 is 21.6 Å². The number of hydrogen-bond acceptors (Lipinski definition) is 11. The van der Waals surface area contributed by atoms with Crippen LogP contribution in [0, 0.1) is 63.1 Å². The standard InChI is InChI=1S/C53H85N5O7S2/c1-32(2)11-9-16-51-26-46(64)45(63)21-41(51)44(62)22-42-47(51)36(27-56-48(54)57-34(4)60)24-52(30-59)39-19-37(53(42,52)65)28-66-67-29-38(58-18-17-55-31-58)25-49(5,6)40(20-43(61)33(39)3)35-12-10-15-50(23-35)13-7-8-14-50/h17-18,22,31-34,36-39,41,43,45-47,59-61,63-65H,7-16,19-21,23-30H2,1-6H3,(H3,54,56,57)/b40-35+/t33-,34+,36-,37+,38+,39+,41-,43+,45+,46-,47-,51-,52-,53+/m0/s1. The molecular weight excluding hydrogens is 883 g/mol. The van der Waals surface area contributed by atoms with E-state index >= 15 is 0 Å². The number of guanidine groups is 1. The van der Waals surface area contributed by atoms with E-state index in [1.165, 1.54) is 49.7 Å². The number of ketones is 1. The monoisotopic (exact) mass is 968 g/mol. The summed E-state index contributed by atoms with van der Waals surface area (Å²) in [7, 11) is 3.58. The molecule has 0 amide bonds. The molecule has 0 unspecified atom stereocenters. The van der Waals surface area contributed by atoms with E-state index in [1.807, 2.05) is 23.3 Å². The highest BCUT2D eigenvalue weighted by atomic mass is 33.1. The highest BCUT2D eigenvalue weighted by molar-refractivity contribution is 8.76. The summed E-state index contributed by atoms with van der Waals surface area (Å²) in [6.07, 6.45) is 18.6. The molecule has 1 aliphatic heterocycles. The zero-order valence-corrected chi connectivity index (χ0v) is 43.0. The first kappa shape index (κ1) is 51.4. The van der Waals surface area contributed by atoms with Crippen LogP contribution in [-0.2, 0) is 4.79 Å². The Hall–Kier alpha value is -1.91. The van der Waals surface area contributed by atoms with Crippen molar-refractivity contribution >= 4 is 33.3 Å². The van der Waals surface area contributed by atoms with Crippen molar-refractivity contribution in [2.24, 2.45) is 73.8 Å². The number of aliphatic hydroxyl groups excluding tert-OH is 5. The summed E-state index contributed by atoms with van der Waals surface area (Å²) < 4.78 is 2.25. The smallest absolute Gasteiger partial charge is 0.190 e. The van der Waals surface area contributed by atoms with E-state index < -0.39 is 52.8 Å². The minimum absolute atomic E-state index is 0.0821. The van der Waals surface area contributed by atoms with E-state index in [4.69, 9.17) is 10.7 Å². The van der Waals surface area contributed by atoms with Gasteiger partial charge in [-0.2, -0.15) is 0 Å². The maximum absolute atomic E-state index is 15.0. The zero-order chi connectivity index (χ0) is 48.1. The van der Waals surface area contributed by atoms with Crippen LogP contribution in [0.25, 0.3) is 0 Å². The lowest BCUT2D eigenvalue weighted by atomic mass is 9.41. The number of nitrogens with zero attached hydrogens (tertiary/aromatic N) is 3. The fourth-order valence-electron chi connectivity index (χ4n) is 16.1. The van der Waals surface area contributed by atoms with Gasteiger partial charge in [-0.3, -0.25) is 9.79 Å². The van der Waals surface area contributed by atoms with Crippen molar-refractivity contribution in [3.8, 4) is 0 Å². The first-order valence-corrected chi connectivity index (χ1v) is 28.6. The van der Waals surface area contributed by atoms with Gasteiger partial charge < -0.3 is 46.3 Å². The second-order valence-corrected chi connectivity index (χ2v) is 26.6. The minimum Gasteiger partial charge on any atom is -0.396 e. The molecule has 2 heterocycles. The van der Waals surface area contributed by atoms with Gasteiger partial charge in [0, 0.05) is 53.7 Å². The highest BCUT2D eigenvalue weighted by Gasteiger charge is 2.74. The van der Waals surface area contributed by atoms with Gasteiger partial charge in [-0.25, -0.2) is 4.98 Å². The van der Waals surface area contributed by atoms with Crippen LogP contribution in [0.4, 0.5) is 0 Å². The number of aliphatic imine (C=N–C) groups is 1. The third kappa shape index (κ3) is 9.64. The number of carbonyl (C=O) groups excluding carboxylic acids is 1. The van der Waals surface area contributed by atoms with Crippen molar-refractivity contribution in [1.29, 1.82) is 0 Å². The maximum Gasteiger partial charge on any atom is 0.190 e. The molecule has 8 rings (SSSR count). The average Bonchev–Trinajstić information content (AvgIpc) is 4.03. The molecule has 14 atom stereocenters. The number of carbonyl (C=O) groups is 1. The number of hydrogen-bond donors (Lipinski definition) is 8. The number of aromatic nitrogens is 2. The summed E-state index contributed by atoms with van der Waals surface area (Å²) in [5, 5.41) is 75.5. The Bertz CT molecular complexity index is 1990. The molecule has 1 aromatic rings. The van der Waals surface area contributed by atoms with Crippen molar-refractivity contribution in [2.45, 2.75) is 187 Å². The number of nitrogens with two attached hydrogens (primary N) is 1. The van der Waals surface area contributed by atoms with E-state index in [2.05, 4.69) is 55.7 Å². The van der Waals surface area contributed by atoms with E-state index in [-0.39, 0.29) is 72.9 Å². The molecule has 6 fully saturated rings. The molecule has 1 saturated heterocycles. The number of allylic oxidation sites excluding steroid dienone is 2. The van der Waals surface area contributed by atoms with Gasteiger partial charge in [0.15, 0.2) is 11.7 Å². The molecule has 376 valence electrons. The van der Waals surface area contributed by atoms with Crippen LogP contribution in [-0.4, -0.2) is 107 Å².